The Morgan fingerprint density at radius 2 is 1.72 bits per heavy atom. The van der Waals surface area contributed by atoms with Crippen LogP contribution in [0.4, 0.5) is 0 Å². The third kappa shape index (κ3) is 5.95. The quantitative estimate of drug-likeness (QED) is 0.558. The molecule has 5 heteroatoms. The summed E-state index contributed by atoms with van der Waals surface area (Å²) in [5.74, 6) is 0.806. The van der Waals surface area contributed by atoms with E-state index in [9.17, 15) is 4.79 Å². The lowest BCUT2D eigenvalue weighted by Gasteiger charge is -2.10. The van der Waals surface area contributed by atoms with Crippen LogP contribution in [0.5, 0.6) is 11.5 Å². The number of benzene rings is 2. The van der Waals surface area contributed by atoms with Gasteiger partial charge in [-0.25, -0.2) is 5.43 Å². The third-order valence-electron chi connectivity index (χ3n) is 3.62. The SMILES string of the molecule is CCCCC(=NNC(=O)COc1ccccc1OC)c1ccccc1. The Morgan fingerprint density at radius 1 is 1.04 bits per heavy atom. The number of ether oxygens (including phenoxy) is 2. The fourth-order valence-electron chi connectivity index (χ4n) is 2.28. The van der Waals surface area contributed by atoms with Gasteiger partial charge in [-0.1, -0.05) is 55.8 Å². The first kappa shape index (κ1) is 18.5. The molecule has 0 heterocycles. The van der Waals surface area contributed by atoms with Crippen LogP contribution >= 0.6 is 0 Å². The standard InChI is InChI=1S/C20H24N2O3/c1-3-4-12-17(16-10-6-5-7-11-16)21-22-20(23)15-25-19-14-9-8-13-18(19)24-2/h5-11,13-14H,3-4,12,15H2,1-2H3,(H,22,23). The minimum atomic E-state index is -0.309. The summed E-state index contributed by atoms with van der Waals surface area (Å²) >= 11 is 0. The van der Waals surface area contributed by atoms with Crippen LogP contribution in [-0.4, -0.2) is 25.3 Å². The maximum absolute atomic E-state index is 12.0. The molecule has 2 aromatic carbocycles. The van der Waals surface area contributed by atoms with Crippen molar-refractivity contribution in [2.24, 2.45) is 5.10 Å². The Kier molecular flexibility index (Phi) is 7.50. The zero-order valence-corrected chi connectivity index (χ0v) is 14.7. The lowest BCUT2D eigenvalue weighted by Crippen LogP contribution is -2.26. The van der Waals surface area contributed by atoms with Crippen LogP contribution in [0.3, 0.4) is 0 Å². The number of nitrogens with one attached hydrogen (secondary N) is 1. The van der Waals surface area contributed by atoms with Gasteiger partial charge in [-0.05, 0) is 30.5 Å². The highest BCUT2D eigenvalue weighted by Gasteiger charge is 2.08. The molecule has 25 heavy (non-hydrogen) atoms. The smallest absolute Gasteiger partial charge is 0.277 e. The molecule has 0 aliphatic carbocycles. The van der Waals surface area contributed by atoms with Crippen LogP contribution in [0, 0.1) is 0 Å². The van der Waals surface area contributed by atoms with Crippen molar-refractivity contribution in [3.8, 4) is 11.5 Å². The fourth-order valence-corrected chi connectivity index (χ4v) is 2.28. The molecule has 0 saturated carbocycles. The molecule has 0 bridgehead atoms. The molecule has 0 unspecified atom stereocenters. The molecule has 0 spiro atoms. The summed E-state index contributed by atoms with van der Waals surface area (Å²) in [4.78, 5) is 12.0. The Morgan fingerprint density at radius 3 is 2.40 bits per heavy atom. The molecule has 0 aromatic heterocycles. The number of rotatable bonds is 9. The Bertz CT molecular complexity index is 699. The van der Waals surface area contributed by atoms with Gasteiger partial charge in [0, 0.05) is 0 Å². The lowest BCUT2D eigenvalue weighted by atomic mass is 10.1. The molecule has 0 aliphatic heterocycles. The van der Waals surface area contributed by atoms with E-state index in [1.807, 2.05) is 42.5 Å². The summed E-state index contributed by atoms with van der Waals surface area (Å²) < 4.78 is 10.7. The molecule has 2 aromatic rings. The first-order valence-electron chi connectivity index (χ1n) is 8.41. The topological polar surface area (TPSA) is 59.9 Å². The number of unbranched alkanes of at least 4 members (excludes halogenated alkanes) is 1. The summed E-state index contributed by atoms with van der Waals surface area (Å²) in [5, 5.41) is 4.29. The number of amides is 1. The summed E-state index contributed by atoms with van der Waals surface area (Å²) in [6, 6.07) is 17.1. The zero-order valence-electron chi connectivity index (χ0n) is 14.7. The molecule has 1 N–H and O–H groups in total. The first-order chi connectivity index (χ1) is 12.2. The third-order valence-corrected chi connectivity index (χ3v) is 3.62. The van der Waals surface area contributed by atoms with Crippen LogP contribution in [0.25, 0.3) is 0 Å². The number of carbonyl (C=O) groups excluding carboxylic acids is 1. The van der Waals surface area contributed by atoms with Crippen LogP contribution in [-0.2, 0) is 4.79 Å². The van der Waals surface area contributed by atoms with Crippen LogP contribution in [0.2, 0.25) is 0 Å². The summed E-state index contributed by atoms with van der Waals surface area (Å²) in [7, 11) is 1.56. The van der Waals surface area contributed by atoms with Gasteiger partial charge in [-0.2, -0.15) is 5.10 Å². The van der Waals surface area contributed by atoms with E-state index in [0.717, 1.165) is 30.5 Å². The van der Waals surface area contributed by atoms with Crippen molar-refractivity contribution < 1.29 is 14.3 Å². The molecule has 0 aliphatic rings. The second-order valence-electron chi connectivity index (χ2n) is 5.50. The van der Waals surface area contributed by atoms with Crippen molar-refractivity contribution in [3.05, 3.63) is 60.2 Å². The molecule has 0 radical (unpaired) electrons. The van der Waals surface area contributed by atoms with Gasteiger partial charge in [0.15, 0.2) is 18.1 Å². The predicted octanol–water partition coefficient (Wildman–Crippen LogP) is 3.78. The van der Waals surface area contributed by atoms with E-state index >= 15 is 0 Å². The molecular formula is C20H24N2O3. The van der Waals surface area contributed by atoms with Crippen molar-refractivity contribution >= 4 is 11.6 Å². The second-order valence-corrected chi connectivity index (χ2v) is 5.50. The number of hydrogen-bond acceptors (Lipinski definition) is 4. The fraction of sp³-hybridized carbons (Fsp3) is 0.300. The van der Waals surface area contributed by atoms with E-state index in [2.05, 4.69) is 17.5 Å². The minimum Gasteiger partial charge on any atom is -0.493 e. The molecule has 0 fully saturated rings. The average Bonchev–Trinajstić information content (AvgIpc) is 2.67. The number of hydrazone groups is 1. The second kappa shape index (κ2) is 10.1. The summed E-state index contributed by atoms with van der Waals surface area (Å²) in [5.41, 5.74) is 4.47. The minimum absolute atomic E-state index is 0.125. The van der Waals surface area contributed by atoms with Gasteiger partial charge in [0.1, 0.15) is 0 Å². The van der Waals surface area contributed by atoms with E-state index in [1.165, 1.54) is 0 Å². The molecule has 1 amide bonds. The van der Waals surface area contributed by atoms with E-state index in [0.29, 0.717) is 11.5 Å². The van der Waals surface area contributed by atoms with Crippen molar-refractivity contribution in [2.45, 2.75) is 26.2 Å². The highest BCUT2D eigenvalue weighted by atomic mass is 16.5. The van der Waals surface area contributed by atoms with E-state index in [1.54, 1.807) is 19.2 Å². The number of nitrogens with zero attached hydrogens (tertiary/aromatic N) is 1. The van der Waals surface area contributed by atoms with Gasteiger partial charge in [-0.3, -0.25) is 4.79 Å². The maximum atomic E-state index is 12.0. The molecule has 2 rings (SSSR count). The predicted molar refractivity (Wildman–Crippen MR) is 99.1 cm³/mol. The number of hydrogen-bond donors (Lipinski definition) is 1. The molecule has 0 atom stereocenters. The Hall–Kier alpha value is -2.82. The normalized spacial score (nSPS) is 11.0. The largest absolute Gasteiger partial charge is 0.493 e. The Balaban J connectivity index is 1.96. The Labute approximate surface area is 148 Å². The van der Waals surface area contributed by atoms with Crippen LogP contribution < -0.4 is 14.9 Å². The van der Waals surface area contributed by atoms with Gasteiger partial charge in [0.05, 0.1) is 12.8 Å². The number of carbonyl (C=O) groups is 1. The van der Waals surface area contributed by atoms with Gasteiger partial charge in [-0.15, -0.1) is 0 Å². The van der Waals surface area contributed by atoms with Crippen molar-refractivity contribution in [2.75, 3.05) is 13.7 Å². The van der Waals surface area contributed by atoms with E-state index < -0.39 is 0 Å². The maximum Gasteiger partial charge on any atom is 0.277 e. The van der Waals surface area contributed by atoms with Gasteiger partial charge in [0.25, 0.3) is 5.91 Å². The number of methoxy groups -OCH3 is 1. The number of para-hydroxylation sites is 2. The molecule has 132 valence electrons. The van der Waals surface area contributed by atoms with Crippen LogP contribution in [0.1, 0.15) is 31.7 Å². The molecule has 5 nitrogen and oxygen atoms in total. The monoisotopic (exact) mass is 340 g/mol. The van der Waals surface area contributed by atoms with Gasteiger partial charge < -0.3 is 9.47 Å². The molecule has 0 saturated heterocycles. The van der Waals surface area contributed by atoms with Gasteiger partial charge >= 0.3 is 0 Å². The van der Waals surface area contributed by atoms with E-state index in [4.69, 9.17) is 9.47 Å². The van der Waals surface area contributed by atoms with Crippen LogP contribution in [0.15, 0.2) is 59.7 Å². The zero-order chi connectivity index (χ0) is 17.9. The first-order valence-corrected chi connectivity index (χ1v) is 8.41. The average molecular weight is 340 g/mol. The summed E-state index contributed by atoms with van der Waals surface area (Å²) in [6.45, 7) is 2.00. The highest BCUT2D eigenvalue weighted by Crippen LogP contribution is 2.25. The van der Waals surface area contributed by atoms with E-state index in [-0.39, 0.29) is 12.5 Å². The summed E-state index contributed by atoms with van der Waals surface area (Å²) in [6.07, 6.45) is 2.90. The van der Waals surface area contributed by atoms with Crippen molar-refractivity contribution in [3.63, 3.8) is 0 Å². The van der Waals surface area contributed by atoms with Gasteiger partial charge in [0.2, 0.25) is 0 Å². The highest BCUT2D eigenvalue weighted by molar-refractivity contribution is 6.01. The lowest BCUT2D eigenvalue weighted by molar-refractivity contribution is -0.123. The van der Waals surface area contributed by atoms with Crippen molar-refractivity contribution in [1.29, 1.82) is 0 Å². The molecular weight excluding hydrogens is 316 g/mol. The van der Waals surface area contributed by atoms with Crippen molar-refractivity contribution in [1.82, 2.24) is 5.43 Å².